The molecule has 3 rings (SSSR count). The summed E-state index contributed by atoms with van der Waals surface area (Å²) in [6, 6.07) is 12.3. The molecule has 0 saturated carbocycles. The van der Waals surface area contributed by atoms with Gasteiger partial charge in [-0.3, -0.25) is 0 Å². The first kappa shape index (κ1) is 19.2. The first-order valence-corrected chi connectivity index (χ1v) is 8.70. The van der Waals surface area contributed by atoms with Crippen LogP contribution < -0.4 is 14.8 Å². The number of ether oxygens (including phenoxy) is 3. The fraction of sp³-hybridized carbons (Fsp3) is 0.250. The van der Waals surface area contributed by atoms with Gasteiger partial charge in [-0.05, 0) is 49.4 Å². The highest BCUT2D eigenvalue weighted by Crippen LogP contribution is 2.31. The van der Waals surface area contributed by atoms with Crippen molar-refractivity contribution in [1.29, 1.82) is 0 Å². The van der Waals surface area contributed by atoms with Gasteiger partial charge in [0.05, 0.1) is 32.9 Å². The number of carbonyl (C=O) groups excluding carboxylic acids is 1. The molecule has 0 aliphatic heterocycles. The summed E-state index contributed by atoms with van der Waals surface area (Å²) in [5.41, 5.74) is 2.05. The van der Waals surface area contributed by atoms with Gasteiger partial charge < -0.3 is 23.9 Å². The molecule has 28 heavy (non-hydrogen) atoms. The molecular weight excluding hydrogens is 362 g/mol. The molecule has 0 bridgehead atoms. The third-order valence-electron chi connectivity index (χ3n) is 3.94. The van der Waals surface area contributed by atoms with E-state index in [2.05, 4.69) is 15.5 Å². The van der Waals surface area contributed by atoms with E-state index in [1.54, 1.807) is 57.5 Å². The highest BCUT2D eigenvalue weighted by Gasteiger charge is 2.12. The molecule has 0 unspecified atom stereocenters. The summed E-state index contributed by atoms with van der Waals surface area (Å²) in [6.07, 6.45) is 0. The van der Waals surface area contributed by atoms with Crippen molar-refractivity contribution in [2.45, 2.75) is 13.5 Å². The Balaban J connectivity index is 1.64. The highest BCUT2D eigenvalue weighted by molar-refractivity contribution is 5.89. The summed E-state index contributed by atoms with van der Waals surface area (Å²) in [5.74, 6) is 1.68. The van der Waals surface area contributed by atoms with E-state index in [0.29, 0.717) is 42.0 Å². The average molecular weight is 383 g/mol. The van der Waals surface area contributed by atoms with Crippen LogP contribution >= 0.6 is 0 Å². The molecule has 1 N–H and O–H groups in total. The topological polar surface area (TPSA) is 95.7 Å². The van der Waals surface area contributed by atoms with Gasteiger partial charge in [-0.25, -0.2) is 4.79 Å². The van der Waals surface area contributed by atoms with E-state index in [0.717, 1.165) is 11.3 Å². The number of hydrogen-bond acceptors (Lipinski definition) is 8. The number of benzene rings is 2. The second kappa shape index (κ2) is 8.90. The van der Waals surface area contributed by atoms with Crippen LogP contribution in [-0.2, 0) is 11.3 Å². The lowest BCUT2D eigenvalue weighted by molar-refractivity contribution is 0.0526. The fourth-order valence-electron chi connectivity index (χ4n) is 2.53. The predicted octanol–water partition coefficient (Wildman–Crippen LogP) is 3.54. The molecule has 1 heterocycles. The lowest BCUT2D eigenvalue weighted by Gasteiger charge is -2.07. The van der Waals surface area contributed by atoms with E-state index < -0.39 is 0 Å². The van der Waals surface area contributed by atoms with Crippen molar-refractivity contribution in [1.82, 2.24) is 10.2 Å². The summed E-state index contributed by atoms with van der Waals surface area (Å²) < 4.78 is 21.2. The Bertz CT molecular complexity index is 937. The Kier molecular flexibility index (Phi) is 6.11. The van der Waals surface area contributed by atoms with Gasteiger partial charge in [-0.2, -0.15) is 0 Å². The van der Waals surface area contributed by atoms with Crippen molar-refractivity contribution in [2.24, 2.45) is 0 Å². The maximum Gasteiger partial charge on any atom is 0.338 e. The van der Waals surface area contributed by atoms with Crippen molar-refractivity contribution >= 4 is 11.7 Å². The summed E-state index contributed by atoms with van der Waals surface area (Å²) in [7, 11) is 3.14. The highest BCUT2D eigenvalue weighted by atomic mass is 16.5. The van der Waals surface area contributed by atoms with E-state index in [1.165, 1.54) is 0 Å². The van der Waals surface area contributed by atoms with E-state index >= 15 is 0 Å². The zero-order valence-electron chi connectivity index (χ0n) is 15.9. The molecule has 0 fully saturated rings. The van der Waals surface area contributed by atoms with E-state index in [1.807, 2.05) is 6.07 Å². The van der Waals surface area contributed by atoms with Gasteiger partial charge in [0.25, 0.3) is 0 Å². The molecule has 0 aliphatic rings. The molecule has 146 valence electrons. The molecule has 0 aliphatic carbocycles. The number of rotatable bonds is 8. The zero-order chi connectivity index (χ0) is 19.9. The average Bonchev–Trinajstić information content (AvgIpc) is 3.21. The predicted molar refractivity (Wildman–Crippen MR) is 103 cm³/mol. The quantitative estimate of drug-likeness (QED) is 0.590. The van der Waals surface area contributed by atoms with Gasteiger partial charge >= 0.3 is 5.97 Å². The van der Waals surface area contributed by atoms with Crippen LogP contribution in [0.15, 0.2) is 46.9 Å². The van der Waals surface area contributed by atoms with Crippen molar-refractivity contribution in [3.8, 4) is 23.0 Å². The Morgan fingerprint density at radius 2 is 1.79 bits per heavy atom. The lowest BCUT2D eigenvalue weighted by Crippen LogP contribution is -2.05. The molecule has 1 aromatic heterocycles. The number of esters is 1. The van der Waals surface area contributed by atoms with Gasteiger partial charge in [0.2, 0.25) is 11.8 Å². The number of aromatic nitrogens is 2. The minimum atomic E-state index is -0.342. The molecule has 2 aromatic carbocycles. The smallest absolute Gasteiger partial charge is 0.338 e. The molecule has 0 saturated heterocycles. The van der Waals surface area contributed by atoms with Gasteiger partial charge in [0.15, 0.2) is 11.5 Å². The monoisotopic (exact) mass is 383 g/mol. The number of hydrogen-bond donors (Lipinski definition) is 1. The molecule has 8 nitrogen and oxygen atoms in total. The van der Waals surface area contributed by atoms with E-state index in [-0.39, 0.29) is 5.97 Å². The van der Waals surface area contributed by atoms with Gasteiger partial charge in [-0.15, -0.1) is 10.2 Å². The van der Waals surface area contributed by atoms with E-state index in [9.17, 15) is 4.79 Å². The molecule has 8 heteroatoms. The van der Waals surface area contributed by atoms with Crippen molar-refractivity contribution in [2.75, 3.05) is 26.1 Å². The zero-order valence-corrected chi connectivity index (χ0v) is 15.9. The Morgan fingerprint density at radius 1 is 1.04 bits per heavy atom. The minimum absolute atomic E-state index is 0.342. The third kappa shape index (κ3) is 4.40. The van der Waals surface area contributed by atoms with Crippen LogP contribution in [0.3, 0.4) is 0 Å². The number of anilines is 1. The molecule has 0 radical (unpaired) electrons. The van der Waals surface area contributed by atoms with Gasteiger partial charge in [0.1, 0.15) is 0 Å². The first-order valence-electron chi connectivity index (χ1n) is 8.70. The number of carbonyl (C=O) groups is 1. The SMILES string of the molecule is CCOC(=O)c1ccc(NCc2nnc(-c3ccc(OC)c(OC)c3)o2)cc1. The fourth-order valence-corrected chi connectivity index (χ4v) is 2.53. The summed E-state index contributed by atoms with van der Waals surface area (Å²) in [4.78, 5) is 11.7. The van der Waals surface area contributed by atoms with Crippen LogP contribution in [0.5, 0.6) is 11.5 Å². The van der Waals surface area contributed by atoms with Crippen LogP contribution in [0.2, 0.25) is 0 Å². The third-order valence-corrected chi connectivity index (χ3v) is 3.94. The number of nitrogens with one attached hydrogen (secondary N) is 1. The van der Waals surface area contributed by atoms with Gasteiger partial charge in [0, 0.05) is 11.3 Å². The Morgan fingerprint density at radius 3 is 2.46 bits per heavy atom. The standard InChI is InChI=1S/C20H21N3O5/c1-4-27-20(24)13-5-8-15(9-6-13)21-12-18-22-23-19(28-18)14-7-10-16(25-2)17(11-14)26-3/h5-11,21H,4,12H2,1-3H3. The largest absolute Gasteiger partial charge is 0.493 e. The van der Waals surface area contributed by atoms with Gasteiger partial charge in [-0.1, -0.05) is 0 Å². The maximum absolute atomic E-state index is 11.7. The maximum atomic E-state index is 11.7. The number of nitrogens with zero attached hydrogens (tertiary/aromatic N) is 2. The van der Waals surface area contributed by atoms with Crippen molar-refractivity contribution in [3.63, 3.8) is 0 Å². The Labute approximate surface area is 162 Å². The second-order valence-corrected chi connectivity index (χ2v) is 5.72. The molecule has 0 amide bonds. The van der Waals surface area contributed by atoms with E-state index in [4.69, 9.17) is 18.6 Å². The first-order chi connectivity index (χ1) is 13.6. The van der Waals surface area contributed by atoms with Crippen LogP contribution in [0, 0.1) is 0 Å². The van der Waals surface area contributed by atoms with Crippen molar-refractivity contribution in [3.05, 3.63) is 53.9 Å². The van der Waals surface area contributed by atoms with Crippen molar-refractivity contribution < 1.29 is 23.4 Å². The minimum Gasteiger partial charge on any atom is -0.493 e. The van der Waals surface area contributed by atoms with Crippen LogP contribution in [0.4, 0.5) is 5.69 Å². The second-order valence-electron chi connectivity index (χ2n) is 5.72. The lowest BCUT2D eigenvalue weighted by atomic mass is 10.2. The molecule has 3 aromatic rings. The number of methoxy groups -OCH3 is 2. The Hall–Kier alpha value is -3.55. The summed E-state index contributed by atoms with van der Waals surface area (Å²) in [5, 5.41) is 11.3. The summed E-state index contributed by atoms with van der Waals surface area (Å²) >= 11 is 0. The normalized spacial score (nSPS) is 10.4. The molecule has 0 spiro atoms. The summed E-state index contributed by atoms with van der Waals surface area (Å²) in [6.45, 7) is 2.46. The molecular formula is C20H21N3O5. The van der Waals surface area contributed by atoms with Crippen LogP contribution in [-0.4, -0.2) is 37.0 Å². The van der Waals surface area contributed by atoms with Crippen LogP contribution in [0.25, 0.3) is 11.5 Å². The van der Waals surface area contributed by atoms with Crippen LogP contribution in [0.1, 0.15) is 23.2 Å². The molecule has 0 atom stereocenters.